The van der Waals surface area contributed by atoms with Crippen LogP contribution in [0.2, 0.25) is 0 Å². The number of carbonyl (C=O) groups excluding carboxylic acids is 1. The highest BCUT2D eigenvalue weighted by atomic mass is 16.6. The maximum atomic E-state index is 11.8. The van der Waals surface area contributed by atoms with Gasteiger partial charge in [-0.05, 0) is 33.6 Å². The Kier molecular flexibility index (Phi) is 5.82. The molecule has 1 amide bonds. The van der Waals surface area contributed by atoms with Gasteiger partial charge in [-0.3, -0.25) is 5.21 Å². The molecule has 0 aromatic heterocycles. The molecule has 2 atom stereocenters. The Morgan fingerprint density at radius 2 is 2.16 bits per heavy atom. The zero-order chi connectivity index (χ0) is 14.5. The molecule has 0 radical (unpaired) electrons. The van der Waals surface area contributed by atoms with Crippen molar-refractivity contribution in [2.24, 2.45) is 0 Å². The topological polar surface area (TPSA) is 59.0 Å². The van der Waals surface area contributed by atoms with Gasteiger partial charge in [-0.25, -0.2) is 4.79 Å². The van der Waals surface area contributed by atoms with Gasteiger partial charge in [-0.2, -0.15) is 5.06 Å². The Morgan fingerprint density at radius 3 is 2.74 bits per heavy atom. The fraction of sp³-hybridized carbons (Fsp3) is 0.786. The zero-order valence-electron chi connectivity index (χ0n) is 12.3. The van der Waals surface area contributed by atoms with Crippen LogP contribution in [0.25, 0.3) is 0 Å². The highest BCUT2D eigenvalue weighted by Gasteiger charge is 2.34. The van der Waals surface area contributed by atoms with Gasteiger partial charge >= 0.3 is 6.09 Å². The summed E-state index contributed by atoms with van der Waals surface area (Å²) in [5, 5.41) is 10.6. The fourth-order valence-electron chi connectivity index (χ4n) is 1.83. The van der Waals surface area contributed by atoms with Crippen molar-refractivity contribution in [1.82, 2.24) is 5.06 Å². The summed E-state index contributed by atoms with van der Waals surface area (Å²) in [4.78, 5) is 11.8. The van der Waals surface area contributed by atoms with E-state index in [1.165, 1.54) is 0 Å². The second-order valence-corrected chi connectivity index (χ2v) is 5.75. The number of unbranched alkanes of at least 4 members (excludes halogenated alkanes) is 1. The van der Waals surface area contributed by atoms with Crippen molar-refractivity contribution in [1.29, 1.82) is 0 Å². The number of hydrogen-bond donors (Lipinski definition) is 1. The van der Waals surface area contributed by atoms with Gasteiger partial charge in [0.05, 0.1) is 12.1 Å². The van der Waals surface area contributed by atoms with Gasteiger partial charge in [0, 0.05) is 6.61 Å². The Hall–Kier alpha value is -1.07. The first-order chi connectivity index (χ1) is 8.85. The number of ether oxygens (including phenoxy) is 2. The minimum absolute atomic E-state index is 0.260. The lowest BCUT2D eigenvalue weighted by Gasteiger charge is -2.29. The summed E-state index contributed by atoms with van der Waals surface area (Å²) < 4.78 is 10.8. The third-order valence-corrected chi connectivity index (χ3v) is 2.79. The molecule has 110 valence electrons. The summed E-state index contributed by atoms with van der Waals surface area (Å²) in [6.45, 7) is 8.01. The van der Waals surface area contributed by atoms with Crippen molar-refractivity contribution < 1.29 is 19.5 Å². The van der Waals surface area contributed by atoms with Crippen LogP contribution in [0, 0.1) is 0 Å². The normalized spacial score (nSPS) is 22.6. The zero-order valence-corrected chi connectivity index (χ0v) is 12.3. The lowest BCUT2D eigenvalue weighted by Crippen LogP contribution is -2.45. The molecule has 0 fully saturated rings. The Balaban J connectivity index is 2.51. The fourth-order valence-corrected chi connectivity index (χ4v) is 1.83. The van der Waals surface area contributed by atoms with Gasteiger partial charge in [-0.15, -0.1) is 0 Å². The first kappa shape index (κ1) is 16.0. The van der Waals surface area contributed by atoms with E-state index in [1.807, 2.05) is 12.2 Å². The molecule has 1 aliphatic rings. The van der Waals surface area contributed by atoms with Crippen LogP contribution in [0.1, 0.15) is 47.0 Å². The SMILES string of the molecule is CCCCO[C@@H]1C=CC[C@@H]1N(O)C(=O)OC(C)(C)C. The van der Waals surface area contributed by atoms with E-state index in [0.29, 0.717) is 18.1 Å². The molecule has 1 aliphatic carbocycles. The molecule has 0 saturated heterocycles. The van der Waals surface area contributed by atoms with Crippen LogP contribution in [-0.2, 0) is 9.47 Å². The van der Waals surface area contributed by atoms with Crippen molar-refractivity contribution in [3.05, 3.63) is 12.2 Å². The van der Waals surface area contributed by atoms with Gasteiger partial charge in [0.1, 0.15) is 5.60 Å². The molecule has 0 unspecified atom stereocenters. The summed E-state index contributed by atoms with van der Waals surface area (Å²) in [6.07, 6.45) is 5.40. The maximum Gasteiger partial charge on any atom is 0.434 e. The van der Waals surface area contributed by atoms with Gasteiger partial charge < -0.3 is 9.47 Å². The molecule has 1 rings (SSSR count). The lowest BCUT2D eigenvalue weighted by molar-refractivity contribution is -0.141. The minimum atomic E-state index is -0.731. The standard InChI is InChI=1S/C14H25NO4/c1-5-6-10-18-12-9-7-8-11(12)15(17)13(16)19-14(2,3)4/h7,9,11-12,17H,5-6,8,10H2,1-4H3/t11-,12+/m0/s1. The molecule has 0 bridgehead atoms. The monoisotopic (exact) mass is 271 g/mol. The van der Waals surface area contributed by atoms with E-state index in [2.05, 4.69) is 6.92 Å². The van der Waals surface area contributed by atoms with E-state index in [9.17, 15) is 10.0 Å². The van der Waals surface area contributed by atoms with Crippen LogP contribution in [0.5, 0.6) is 0 Å². The third-order valence-electron chi connectivity index (χ3n) is 2.79. The van der Waals surface area contributed by atoms with E-state index < -0.39 is 17.7 Å². The average Bonchev–Trinajstić information content (AvgIpc) is 2.74. The summed E-state index contributed by atoms with van der Waals surface area (Å²) in [5.41, 5.74) is -0.622. The van der Waals surface area contributed by atoms with E-state index >= 15 is 0 Å². The van der Waals surface area contributed by atoms with Crippen molar-refractivity contribution in [2.45, 2.75) is 64.7 Å². The van der Waals surface area contributed by atoms with Gasteiger partial charge in [-0.1, -0.05) is 25.5 Å². The van der Waals surface area contributed by atoms with E-state index in [4.69, 9.17) is 9.47 Å². The number of amides is 1. The minimum Gasteiger partial charge on any atom is -0.442 e. The first-order valence-electron chi connectivity index (χ1n) is 6.84. The number of hydroxylamine groups is 2. The predicted molar refractivity (Wildman–Crippen MR) is 72.1 cm³/mol. The van der Waals surface area contributed by atoms with Crippen LogP contribution < -0.4 is 0 Å². The summed E-state index contributed by atoms with van der Waals surface area (Å²) in [7, 11) is 0. The van der Waals surface area contributed by atoms with E-state index in [0.717, 1.165) is 12.8 Å². The van der Waals surface area contributed by atoms with Gasteiger partial charge in [0.15, 0.2) is 0 Å². The summed E-state index contributed by atoms with van der Waals surface area (Å²) in [6, 6.07) is -0.397. The highest BCUT2D eigenvalue weighted by Crippen LogP contribution is 2.21. The molecule has 0 spiro atoms. The number of carbonyl (C=O) groups is 1. The van der Waals surface area contributed by atoms with Crippen molar-refractivity contribution >= 4 is 6.09 Å². The third kappa shape index (κ3) is 5.20. The van der Waals surface area contributed by atoms with Crippen LogP contribution >= 0.6 is 0 Å². The molecule has 0 aliphatic heterocycles. The quantitative estimate of drug-likeness (QED) is 0.361. The van der Waals surface area contributed by atoms with Crippen LogP contribution in [0.4, 0.5) is 4.79 Å². The lowest BCUT2D eigenvalue weighted by atomic mass is 10.2. The van der Waals surface area contributed by atoms with Crippen molar-refractivity contribution in [2.75, 3.05) is 6.61 Å². The molecule has 5 nitrogen and oxygen atoms in total. The molecule has 1 N–H and O–H groups in total. The van der Waals surface area contributed by atoms with E-state index in [1.54, 1.807) is 20.8 Å². The largest absolute Gasteiger partial charge is 0.442 e. The van der Waals surface area contributed by atoms with E-state index in [-0.39, 0.29) is 6.10 Å². The predicted octanol–water partition coefficient (Wildman–Crippen LogP) is 3.13. The van der Waals surface area contributed by atoms with Crippen LogP contribution in [0.15, 0.2) is 12.2 Å². The van der Waals surface area contributed by atoms with Gasteiger partial charge in [0.2, 0.25) is 0 Å². The molecule has 0 saturated carbocycles. The molecular formula is C14H25NO4. The number of nitrogens with zero attached hydrogens (tertiary/aromatic N) is 1. The molecule has 0 aromatic rings. The molecule has 19 heavy (non-hydrogen) atoms. The maximum absolute atomic E-state index is 11.8. The van der Waals surface area contributed by atoms with Crippen molar-refractivity contribution in [3.63, 3.8) is 0 Å². The molecule has 0 aromatic carbocycles. The Morgan fingerprint density at radius 1 is 1.47 bits per heavy atom. The first-order valence-corrected chi connectivity index (χ1v) is 6.84. The molecular weight excluding hydrogens is 246 g/mol. The average molecular weight is 271 g/mol. The number of rotatable bonds is 5. The summed E-state index contributed by atoms with van der Waals surface area (Å²) >= 11 is 0. The summed E-state index contributed by atoms with van der Waals surface area (Å²) in [5.74, 6) is 0. The molecule has 0 heterocycles. The molecule has 5 heteroatoms. The van der Waals surface area contributed by atoms with Gasteiger partial charge in [0.25, 0.3) is 0 Å². The van der Waals surface area contributed by atoms with Crippen LogP contribution in [0.3, 0.4) is 0 Å². The second kappa shape index (κ2) is 6.91. The number of hydrogen-bond acceptors (Lipinski definition) is 4. The highest BCUT2D eigenvalue weighted by molar-refractivity contribution is 5.67. The van der Waals surface area contributed by atoms with Crippen LogP contribution in [-0.4, -0.2) is 40.7 Å². The van der Waals surface area contributed by atoms with Crippen molar-refractivity contribution in [3.8, 4) is 0 Å². The second-order valence-electron chi connectivity index (χ2n) is 5.75. The smallest absolute Gasteiger partial charge is 0.434 e. The Labute approximate surface area is 115 Å². The Bertz CT molecular complexity index is 322.